The molecular weight excluding hydrogens is 198 g/mol. The smallest absolute Gasteiger partial charge is 0.261 e. The molecule has 4 heteroatoms. The predicted molar refractivity (Wildman–Crippen MR) is 55.4 cm³/mol. The van der Waals surface area contributed by atoms with Gasteiger partial charge in [0.1, 0.15) is 0 Å². The molecule has 1 fully saturated rings. The van der Waals surface area contributed by atoms with Crippen LogP contribution in [0.1, 0.15) is 22.5 Å². The summed E-state index contributed by atoms with van der Waals surface area (Å²) in [6, 6.07) is 3.63. The topological polar surface area (TPSA) is 49.3 Å². The van der Waals surface area contributed by atoms with Crippen LogP contribution in [0.15, 0.2) is 17.5 Å². The van der Waals surface area contributed by atoms with Gasteiger partial charge < -0.3 is 10.4 Å². The number of hydrogen-bond donors (Lipinski definition) is 2. The predicted octanol–water partition coefficient (Wildman–Crippen LogP) is 1.25. The Morgan fingerprint density at radius 2 is 2.50 bits per heavy atom. The van der Waals surface area contributed by atoms with Crippen LogP contribution in [0.4, 0.5) is 0 Å². The van der Waals surface area contributed by atoms with E-state index in [9.17, 15) is 9.90 Å². The van der Waals surface area contributed by atoms with Crippen LogP contribution in [0.5, 0.6) is 0 Å². The molecule has 0 aromatic carbocycles. The number of thiophene rings is 1. The van der Waals surface area contributed by atoms with Gasteiger partial charge >= 0.3 is 0 Å². The summed E-state index contributed by atoms with van der Waals surface area (Å²) in [7, 11) is 0. The van der Waals surface area contributed by atoms with Gasteiger partial charge in [0.2, 0.25) is 0 Å². The number of carbonyl (C=O) groups excluding carboxylic acids is 1. The van der Waals surface area contributed by atoms with Gasteiger partial charge in [-0.2, -0.15) is 0 Å². The Morgan fingerprint density at radius 3 is 3.07 bits per heavy atom. The lowest BCUT2D eigenvalue weighted by Gasteiger charge is -2.09. The summed E-state index contributed by atoms with van der Waals surface area (Å²) in [6.07, 6.45) is 1.82. The van der Waals surface area contributed by atoms with E-state index in [1.54, 1.807) is 6.07 Å². The molecule has 1 unspecified atom stereocenters. The lowest BCUT2D eigenvalue weighted by molar-refractivity contribution is 0.0905. The molecule has 0 radical (unpaired) electrons. The highest BCUT2D eigenvalue weighted by molar-refractivity contribution is 7.12. The maximum absolute atomic E-state index is 11.4. The summed E-state index contributed by atoms with van der Waals surface area (Å²) >= 11 is 1.41. The average molecular weight is 211 g/mol. The Balaban J connectivity index is 1.77. The van der Waals surface area contributed by atoms with Crippen LogP contribution >= 0.6 is 11.3 Å². The fraction of sp³-hybridized carbons (Fsp3) is 0.500. The van der Waals surface area contributed by atoms with Crippen molar-refractivity contribution >= 4 is 17.2 Å². The number of aliphatic hydroxyl groups excluding tert-OH is 1. The van der Waals surface area contributed by atoms with E-state index in [4.69, 9.17) is 0 Å². The Bertz CT molecular complexity index is 306. The number of hydrogen-bond acceptors (Lipinski definition) is 3. The van der Waals surface area contributed by atoms with Gasteiger partial charge in [-0.25, -0.2) is 0 Å². The number of rotatable bonds is 4. The van der Waals surface area contributed by atoms with Crippen molar-refractivity contribution in [1.29, 1.82) is 0 Å². The molecule has 0 saturated heterocycles. The minimum Gasteiger partial charge on any atom is -0.391 e. The molecular formula is C10H13NO2S. The van der Waals surface area contributed by atoms with Gasteiger partial charge in [-0.3, -0.25) is 4.79 Å². The summed E-state index contributed by atoms with van der Waals surface area (Å²) in [5, 5.41) is 14.1. The molecule has 1 amide bonds. The molecule has 2 N–H and O–H groups in total. The Kier molecular flexibility index (Phi) is 2.84. The highest BCUT2D eigenvalue weighted by atomic mass is 32.1. The largest absolute Gasteiger partial charge is 0.391 e. The molecule has 2 rings (SSSR count). The van der Waals surface area contributed by atoms with E-state index in [1.807, 2.05) is 11.4 Å². The van der Waals surface area contributed by atoms with Gasteiger partial charge in [-0.15, -0.1) is 11.3 Å². The maximum Gasteiger partial charge on any atom is 0.261 e. The number of carbonyl (C=O) groups is 1. The minimum absolute atomic E-state index is 0.0836. The van der Waals surface area contributed by atoms with Gasteiger partial charge in [0.25, 0.3) is 5.91 Å². The molecule has 1 aliphatic carbocycles. The lowest BCUT2D eigenvalue weighted by Crippen LogP contribution is -2.32. The fourth-order valence-corrected chi connectivity index (χ4v) is 1.98. The van der Waals surface area contributed by atoms with Gasteiger partial charge in [-0.1, -0.05) is 6.07 Å². The monoisotopic (exact) mass is 211 g/mol. The third kappa shape index (κ3) is 2.33. The molecule has 1 aromatic rings. The number of aliphatic hydroxyl groups is 1. The SMILES string of the molecule is O=C(NCC(O)C1CC1)c1cccs1. The molecule has 14 heavy (non-hydrogen) atoms. The van der Waals surface area contributed by atoms with Crippen molar-refractivity contribution in [2.45, 2.75) is 18.9 Å². The van der Waals surface area contributed by atoms with E-state index in [0.717, 1.165) is 12.8 Å². The van der Waals surface area contributed by atoms with E-state index in [1.165, 1.54) is 11.3 Å². The average Bonchev–Trinajstić information content (AvgIpc) is 2.90. The highest BCUT2D eigenvalue weighted by Gasteiger charge is 2.29. The van der Waals surface area contributed by atoms with Crippen LogP contribution in [0.3, 0.4) is 0 Å². The Labute approximate surface area is 86.8 Å². The van der Waals surface area contributed by atoms with Crippen LogP contribution in [-0.4, -0.2) is 23.7 Å². The normalized spacial score (nSPS) is 17.8. The van der Waals surface area contributed by atoms with E-state index in [-0.39, 0.29) is 12.0 Å². The summed E-state index contributed by atoms with van der Waals surface area (Å²) in [6.45, 7) is 0.376. The van der Waals surface area contributed by atoms with Crippen molar-refractivity contribution in [2.24, 2.45) is 5.92 Å². The van der Waals surface area contributed by atoms with Crippen molar-refractivity contribution in [1.82, 2.24) is 5.32 Å². The van der Waals surface area contributed by atoms with E-state index >= 15 is 0 Å². The van der Waals surface area contributed by atoms with E-state index in [2.05, 4.69) is 5.32 Å². The van der Waals surface area contributed by atoms with Gasteiger partial charge in [0, 0.05) is 6.54 Å². The third-order valence-corrected chi connectivity index (χ3v) is 3.25. The standard InChI is InChI=1S/C10H13NO2S/c12-8(7-3-4-7)6-11-10(13)9-2-1-5-14-9/h1-2,5,7-8,12H,3-4,6H2,(H,11,13). The van der Waals surface area contributed by atoms with Crippen molar-refractivity contribution in [3.05, 3.63) is 22.4 Å². The quantitative estimate of drug-likeness (QED) is 0.787. The van der Waals surface area contributed by atoms with Crippen molar-refractivity contribution in [3.63, 3.8) is 0 Å². The Morgan fingerprint density at radius 1 is 1.71 bits per heavy atom. The van der Waals surface area contributed by atoms with Crippen LogP contribution < -0.4 is 5.32 Å². The second-order valence-corrected chi connectivity index (χ2v) is 4.54. The van der Waals surface area contributed by atoms with Crippen molar-refractivity contribution in [2.75, 3.05) is 6.54 Å². The van der Waals surface area contributed by atoms with Gasteiger partial charge in [0.05, 0.1) is 11.0 Å². The first-order chi connectivity index (χ1) is 6.77. The van der Waals surface area contributed by atoms with Crippen LogP contribution in [-0.2, 0) is 0 Å². The summed E-state index contributed by atoms with van der Waals surface area (Å²) in [5.41, 5.74) is 0. The number of amides is 1. The molecule has 1 heterocycles. The molecule has 0 spiro atoms. The summed E-state index contributed by atoms with van der Waals surface area (Å²) in [5.74, 6) is 0.332. The fourth-order valence-electron chi connectivity index (χ4n) is 1.34. The molecule has 1 aliphatic rings. The second kappa shape index (κ2) is 4.11. The third-order valence-electron chi connectivity index (χ3n) is 2.38. The van der Waals surface area contributed by atoms with Crippen molar-refractivity contribution < 1.29 is 9.90 Å². The first-order valence-electron chi connectivity index (χ1n) is 4.77. The summed E-state index contributed by atoms with van der Waals surface area (Å²) < 4.78 is 0. The zero-order chi connectivity index (χ0) is 9.97. The van der Waals surface area contributed by atoms with E-state index in [0.29, 0.717) is 17.3 Å². The van der Waals surface area contributed by atoms with Crippen molar-refractivity contribution in [3.8, 4) is 0 Å². The molecule has 76 valence electrons. The lowest BCUT2D eigenvalue weighted by atomic mass is 10.2. The number of nitrogens with one attached hydrogen (secondary N) is 1. The first-order valence-corrected chi connectivity index (χ1v) is 5.65. The zero-order valence-electron chi connectivity index (χ0n) is 7.77. The molecule has 1 aromatic heterocycles. The van der Waals surface area contributed by atoms with Crippen LogP contribution in [0.2, 0.25) is 0 Å². The molecule has 3 nitrogen and oxygen atoms in total. The van der Waals surface area contributed by atoms with Gasteiger partial charge in [-0.05, 0) is 30.2 Å². The zero-order valence-corrected chi connectivity index (χ0v) is 8.59. The molecule has 0 bridgehead atoms. The molecule has 1 saturated carbocycles. The first kappa shape index (κ1) is 9.68. The molecule has 1 atom stereocenters. The highest BCUT2D eigenvalue weighted by Crippen LogP contribution is 2.32. The molecule has 0 aliphatic heterocycles. The Hall–Kier alpha value is -0.870. The van der Waals surface area contributed by atoms with E-state index < -0.39 is 0 Å². The second-order valence-electron chi connectivity index (χ2n) is 3.59. The minimum atomic E-state index is -0.362. The summed E-state index contributed by atoms with van der Waals surface area (Å²) in [4.78, 5) is 12.1. The maximum atomic E-state index is 11.4. The van der Waals surface area contributed by atoms with Crippen LogP contribution in [0, 0.1) is 5.92 Å². The van der Waals surface area contributed by atoms with Crippen LogP contribution in [0.25, 0.3) is 0 Å². The van der Waals surface area contributed by atoms with Gasteiger partial charge in [0.15, 0.2) is 0 Å².